The predicted octanol–water partition coefficient (Wildman–Crippen LogP) is 2.53. The van der Waals surface area contributed by atoms with Gasteiger partial charge in [0.2, 0.25) is 0 Å². The maximum Gasteiger partial charge on any atom is -0.00764 e. The average molecular weight is 206 g/mol. The number of aryl methyl sites for hydroxylation is 1. The maximum absolute atomic E-state index is 3.78. The summed E-state index contributed by atoms with van der Waals surface area (Å²) in [5.41, 5.74) is 1.48. The van der Waals surface area contributed by atoms with E-state index in [0.29, 0.717) is 0 Å². The highest BCUT2D eigenvalue weighted by atomic mass is 14.1. The molecule has 0 unspecified atom stereocenters. The largest absolute Gasteiger partial charge is 0.0990 e. The Labute approximate surface area is 95.2 Å². The SMILES string of the molecule is C=CC=c1ccc2cccc3c2c1=CCC3. The van der Waals surface area contributed by atoms with E-state index in [0.717, 1.165) is 6.42 Å². The van der Waals surface area contributed by atoms with Crippen LogP contribution in [0.15, 0.2) is 43.0 Å². The zero-order valence-corrected chi connectivity index (χ0v) is 9.24. The van der Waals surface area contributed by atoms with Crippen LogP contribution in [0.5, 0.6) is 0 Å². The molecule has 1 aliphatic rings. The minimum absolute atomic E-state index is 1.15. The van der Waals surface area contributed by atoms with Crippen molar-refractivity contribution in [3.63, 3.8) is 0 Å². The molecule has 16 heavy (non-hydrogen) atoms. The van der Waals surface area contributed by atoms with Gasteiger partial charge in [-0.1, -0.05) is 55.1 Å². The molecule has 78 valence electrons. The molecule has 0 atom stereocenters. The second kappa shape index (κ2) is 3.64. The third-order valence-electron chi connectivity index (χ3n) is 3.27. The molecule has 0 aliphatic heterocycles. The standard InChI is InChI=1S/C16H14/c1-2-5-12-10-11-14-7-3-6-13-8-4-9-15(12)16(13)14/h2-3,5-7,9-11H,1,4,8H2. The van der Waals surface area contributed by atoms with Crippen LogP contribution >= 0.6 is 0 Å². The summed E-state index contributed by atoms with van der Waals surface area (Å²) < 4.78 is 0. The lowest BCUT2D eigenvalue weighted by Gasteiger charge is -2.11. The zero-order valence-electron chi connectivity index (χ0n) is 9.24. The van der Waals surface area contributed by atoms with Crippen molar-refractivity contribution in [3.05, 3.63) is 59.0 Å². The van der Waals surface area contributed by atoms with E-state index in [1.807, 2.05) is 6.08 Å². The van der Waals surface area contributed by atoms with Crippen LogP contribution in [0.2, 0.25) is 0 Å². The summed E-state index contributed by atoms with van der Waals surface area (Å²) in [6.45, 7) is 3.78. The molecule has 0 nitrogen and oxygen atoms in total. The van der Waals surface area contributed by atoms with Crippen molar-refractivity contribution in [3.8, 4) is 0 Å². The summed E-state index contributed by atoms with van der Waals surface area (Å²) in [5, 5.41) is 5.46. The molecule has 0 spiro atoms. The van der Waals surface area contributed by atoms with E-state index < -0.39 is 0 Å². The molecule has 0 N–H and O–H groups in total. The Morgan fingerprint density at radius 2 is 2.06 bits per heavy atom. The Morgan fingerprint density at radius 1 is 1.12 bits per heavy atom. The molecule has 0 saturated heterocycles. The first-order valence-corrected chi connectivity index (χ1v) is 5.74. The van der Waals surface area contributed by atoms with Gasteiger partial charge in [-0.3, -0.25) is 0 Å². The molecular formula is C16H14. The summed E-state index contributed by atoms with van der Waals surface area (Å²) >= 11 is 0. The Kier molecular flexibility index (Phi) is 2.14. The van der Waals surface area contributed by atoms with Crippen molar-refractivity contribution in [1.82, 2.24) is 0 Å². The van der Waals surface area contributed by atoms with Crippen molar-refractivity contribution in [2.45, 2.75) is 12.8 Å². The molecular weight excluding hydrogens is 192 g/mol. The monoisotopic (exact) mass is 206 g/mol. The topological polar surface area (TPSA) is 0 Å². The van der Waals surface area contributed by atoms with Gasteiger partial charge in [-0.25, -0.2) is 0 Å². The molecule has 2 aromatic carbocycles. The van der Waals surface area contributed by atoms with Crippen LogP contribution in [0.25, 0.3) is 22.9 Å². The van der Waals surface area contributed by atoms with Crippen LogP contribution in [0, 0.1) is 0 Å². The van der Waals surface area contributed by atoms with E-state index in [2.05, 4.69) is 49.1 Å². The fraction of sp³-hybridized carbons (Fsp3) is 0.125. The average Bonchev–Trinajstić information content (AvgIpc) is 2.33. The fourth-order valence-corrected chi connectivity index (χ4v) is 2.57. The number of hydrogen-bond acceptors (Lipinski definition) is 0. The van der Waals surface area contributed by atoms with Gasteiger partial charge in [-0.2, -0.15) is 0 Å². The Hall–Kier alpha value is -1.82. The molecule has 0 bridgehead atoms. The quantitative estimate of drug-likeness (QED) is 0.672. The first-order valence-electron chi connectivity index (χ1n) is 5.74. The Bertz CT molecular complexity index is 675. The fourth-order valence-electron chi connectivity index (χ4n) is 2.57. The second-order valence-corrected chi connectivity index (χ2v) is 4.23. The number of allylic oxidation sites excluding steroid dienone is 1. The highest BCUT2D eigenvalue weighted by Gasteiger charge is 2.06. The third kappa shape index (κ3) is 1.30. The van der Waals surface area contributed by atoms with Crippen molar-refractivity contribution >= 4 is 22.9 Å². The van der Waals surface area contributed by atoms with Gasteiger partial charge in [0.25, 0.3) is 0 Å². The highest BCUT2D eigenvalue weighted by molar-refractivity contribution is 5.88. The summed E-state index contributed by atoms with van der Waals surface area (Å²) in [6, 6.07) is 11.0. The van der Waals surface area contributed by atoms with Gasteiger partial charge in [0.1, 0.15) is 0 Å². The Balaban J connectivity index is 2.59. The lowest BCUT2D eigenvalue weighted by Crippen LogP contribution is -2.27. The van der Waals surface area contributed by atoms with Crippen LogP contribution in [0.1, 0.15) is 12.0 Å². The number of benzene rings is 2. The molecule has 0 amide bonds. The summed E-state index contributed by atoms with van der Waals surface area (Å²) in [6.07, 6.45) is 8.62. The molecule has 0 heteroatoms. The Morgan fingerprint density at radius 3 is 2.94 bits per heavy atom. The third-order valence-corrected chi connectivity index (χ3v) is 3.27. The van der Waals surface area contributed by atoms with Crippen LogP contribution in [0.3, 0.4) is 0 Å². The van der Waals surface area contributed by atoms with Crippen molar-refractivity contribution < 1.29 is 0 Å². The molecule has 0 heterocycles. The minimum Gasteiger partial charge on any atom is -0.0990 e. The number of hydrogen-bond donors (Lipinski definition) is 0. The van der Waals surface area contributed by atoms with Gasteiger partial charge < -0.3 is 0 Å². The van der Waals surface area contributed by atoms with Gasteiger partial charge in [0.05, 0.1) is 0 Å². The van der Waals surface area contributed by atoms with Crippen molar-refractivity contribution in [1.29, 1.82) is 0 Å². The van der Waals surface area contributed by atoms with Gasteiger partial charge in [-0.15, -0.1) is 0 Å². The van der Waals surface area contributed by atoms with E-state index in [4.69, 9.17) is 0 Å². The van der Waals surface area contributed by atoms with Crippen LogP contribution < -0.4 is 10.4 Å². The van der Waals surface area contributed by atoms with E-state index >= 15 is 0 Å². The lowest BCUT2D eigenvalue weighted by atomic mass is 9.93. The highest BCUT2D eigenvalue weighted by Crippen LogP contribution is 2.18. The molecule has 3 rings (SSSR count). The lowest BCUT2D eigenvalue weighted by molar-refractivity contribution is 1.03. The smallest absolute Gasteiger partial charge is 0.00764 e. The molecule has 0 radical (unpaired) electrons. The normalized spacial score (nSPS) is 14.9. The predicted molar refractivity (Wildman–Crippen MR) is 70.6 cm³/mol. The van der Waals surface area contributed by atoms with Crippen molar-refractivity contribution in [2.75, 3.05) is 0 Å². The molecule has 0 aromatic heterocycles. The van der Waals surface area contributed by atoms with Crippen LogP contribution in [0.4, 0.5) is 0 Å². The first kappa shape index (κ1) is 9.41. The molecule has 1 aliphatic carbocycles. The van der Waals surface area contributed by atoms with E-state index in [1.165, 1.54) is 33.2 Å². The first-order chi connectivity index (χ1) is 7.90. The second-order valence-electron chi connectivity index (χ2n) is 4.23. The maximum atomic E-state index is 3.78. The molecule has 2 aromatic rings. The van der Waals surface area contributed by atoms with E-state index in [-0.39, 0.29) is 0 Å². The summed E-state index contributed by atoms with van der Waals surface area (Å²) in [5.74, 6) is 0. The molecule has 0 fully saturated rings. The van der Waals surface area contributed by atoms with Gasteiger partial charge in [0.15, 0.2) is 0 Å². The van der Waals surface area contributed by atoms with Gasteiger partial charge in [-0.05, 0) is 39.6 Å². The van der Waals surface area contributed by atoms with Crippen LogP contribution in [-0.2, 0) is 6.42 Å². The van der Waals surface area contributed by atoms with Gasteiger partial charge >= 0.3 is 0 Å². The van der Waals surface area contributed by atoms with Crippen LogP contribution in [-0.4, -0.2) is 0 Å². The van der Waals surface area contributed by atoms with Crippen molar-refractivity contribution in [2.24, 2.45) is 0 Å². The van der Waals surface area contributed by atoms with E-state index in [9.17, 15) is 0 Å². The molecule has 0 saturated carbocycles. The summed E-state index contributed by atoms with van der Waals surface area (Å²) in [4.78, 5) is 0. The van der Waals surface area contributed by atoms with Gasteiger partial charge in [0, 0.05) is 0 Å². The summed E-state index contributed by atoms with van der Waals surface area (Å²) in [7, 11) is 0. The minimum atomic E-state index is 1.15. The number of rotatable bonds is 1. The van der Waals surface area contributed by atoms with E-state index in [1.54, 1.807) is 0 Å². The zero-order chi connectivity index (χ0) is 11.0.